The van der Waals surface area contributed by atoms with Gasteiger partial charge in [0.05, 0.1) is 19.3 Å². The molecule has 1 aromatic rings. The molecule has 2 atom stereocenters. The second-order valence-electron chi connectivity index (χ2n) is 7.60. The van der Waals surface area contributed by atoms with Crippen LogP contribution in [0.25, 0.3) is 0 Å². The number of hydrogen-bond acceptors (Lipinski definition) is 5. The number of rotatable bonds is 5. The number of fused-ring (bicyclic) bond motifs is 2. The van der Waals surface area contributed by atoms with E-state index in [1.54, 1.807) is 18.2 Å². The number of carbonyl (C=O) groups excluding carboxylic acids is 2. The van der Waals surface area contributed by atoms with Gasteiger partial charge in [0.15, 0.2) is 0 Å². The lowest BCUT2D eigenvalue weighted by Crippen LogP contribution is -2.54. The van der Waals surface area contributed by atoms with Crippen LogP contribution < -0.4 is 10.1 Å². The van der Waals surface area contributed by atoms with Gasteiger partial charge in [0.2, 0.25) is 0 Å². The molecule has 2 bridgehead atoms. The van der Waals surface area contributed by atoms with Crippen LogP contribution in [0.3, 0.4) is 0 Å². The molecule has 26 heavy (non-hydrogen) atoms. The first-order valence-electron chi connectivity index (χ1n) is 9.55. The minimum atomic E-state index is -0.448. The number of amides is 1. The highest BCUT2D eigenvalue weighted by atomic mass is 16.5. The first-order valence-corrected chi connectivity index (χ1v) is 9.55. The zero-order valence-electron chi connectivity index (χ0n) is 15.2. The number of nitrogens with one attached hydrogen (secondary N) is 1. The molecule has 6 heteroatoms. The summed E-state index contributed by atoms with van der Waals surface area (Å²) in [6.45, 7) is 2.31. The Hall–Kier alpha value is -2.08. The van der Waals surface area contributed by atoms with Gasteiger partial charge in [-0.2, -0.15) is 0 Å². The zero-order valence-corrected chi connectivity index (χ0v) is 15.2. The van der Waals surface area contributed by atoms with Gasteiger partial charge in [-0.1, -0.05) is 6.42 Å². The summed E-state index contributed by atoms with van der Waals surface area (Å²) in [4.78, 5) is 27.2. The van der Waals surface area contributed by atoms with E-state index < -0.39 is 5.97 Å². The van der Waals surface area contributed by atoms with Crippen LogP contribution in [0.4, 0.5) is 0 Å². The molecule has 6 nitrogen and oxygen atoms in total. The molecule has 3 aliphatic rings. The molecule has 1 aliphatic carbocycles. The molecule has 4 rings (SSSR count). The number of piperazine rings is 1. The molecule has 0 radical (unpaired) electrons. The van der Waals surface area contributed by atoms with Gasteiger partial charge < -0.3 is 19.7 Å². The zero-order chi connectivity index (χ0) is 18.1. The fraction of sp³-hybridized carbons (Fsp3) is 0.600. The van der Waals surface area contributed by atoms with Crippen LogP contribution in [0.5, 0.6) is 5.75 Å². The van der Waals surface area contributed by atoms with E-state index in [2.05, 4.69) is 5.32 Å². The van der Waals surface area contributed by atoms with Crippen LogP contribution in [0.1, 0.15) is 52.8 Å². The van der Waals surface area contributed by atoms with Crippen molar-refractivity contribution in [2.24, 2.45) is 5.92 Å². The van der Waals surface area contributed by atoms with Crippen molar-refractivity contribution in [2.75, 3.05) is 26.8 Å². The summed E-state index contributed by atoms with van der Waals surface area (Å²) in [5, 5.41) is 3.39. The molecule has 1 saturated carbocycles. The number of hydrogen-bond donors (Lipinski definition) is 1. The Morgan fingerprint density at radius 1 is 1.08 bits per heavy atom. The van der Waals surface area contributed by atoms with Gasteiger partial charge >= 0.3 is 5.97 Å². The van der Waals surface area contributed by atoms with E-state index in [-0.39, 0.29) is 18.0 Å². The topological polar surface area (TPSA) is 67.9 Å². The van der Waals surface area contributed by atoms with E-state index in [0.29, 0.717) is 29.4 Å². The molecule has 0 aromatic heterocycles. The fourth-order valence-electron chi connectivity index (χ4n) is 4.17. The van der Waals surface area contributed by atoms with E-state index in [1.807, 2.05) is 4.90 Å². The third-order valence-corrected chi connectivity index (χ3v) is 5.90. The molecule has 2 saturated heterocycles. The Bertz CT molecular complexity index is 685. The Balaban J connectivity index is 1.58. The van der Waals surface area contributed by atoms with Crippen molar-refractivity contribution in [3.05, 3.63) is 29.3 Å². The summed E-state index contributed by atoms with van der Waals surface area (Å²) in [7, 11) is 1.35. The summed E-state index contributed by atoms with van der Waals surface area (Å²) in [5.41, 5.74) is 0.875. The molecule has 0 unspecified atom stereocenters. The van der Waals surface area contributed by atoms with Crippen LogP contribution in [0, 0.1) is 5.92 Å². The molecule has 1 amide bonds. The maximum absolute atomic E-state index is 13.2. The van der Waals surface area contributed by atoms with Crippen molar-refractivity contribution in [3.8, 4) is 5.75 Å². The standard InChI is InChI=1S/C20H26N2O4/c1-25-20(24)15-7-14(8-18(9-15)26-12-13-3-2-4-13)19(23)22-16-5-6-17(22)11-21-10-16/h7-9,13,16-17,21H,2-6,10-12H2,1H3/t16-,17+. The van der Waals surface area contributed by atoms with Crippen molar-refractivity contribution in [1.82, 2.24) is 10.2 Å². The SMILES string of the molecule is COC(=O)c1cc(OCC2CCC2)cc(C(=O)N2[C@@H]3CC[C@H]2CNC3)c1. The minimum absolute atomic E-state index is 0.0155. The molecular formula is C20H26N2O4. The van der Waals surface area contributed by atoms with Crippen molar-refractivity contribution in [3.63, 3.8) is 0 Å². The highest BCUT2D eigenvalue weighted by Gasteiger charge is 2.40. The van der Waals surface area contributed by atoms with E-state index in [1.165, 1.54) is 26.4 Å². The molecule has 140 valence electrons. The van der Waals surface area contributed by atoms with Crippen molar-refractivity contribution in [2.45, 2.75) is 44.2 Å². The Labute approximate surface area is 153 Å². The van der Waals surface area contributed by atoms with E-state index in [9.17, 15) is 9.59 Å². The van der Waals surface area contributed by atoms with Crippen LogP contribution in [-0.4, -0.2) is 55.7 Å². The second-order valence-corrected chi connectivity index (χ2v) is 7.60. The molecular weight excluding hydrogens is 332 g/mol. The second kappa shape index (κ2) is 7.27. The minimum Gasteiger partial charge on any atom is -0.493 e. The lowest BCUT2D eigenvalue weighted by Gasteiger charge is -2.35. The average Bonchev–Trinajstić information content (AvgIpc) is 2.87. The Kier molecular flexibility index (Phi) is 4.85. The lowest BCUT2D eigenvalue weighted by molar-refractivity contribution is 0.0599. The van der Waals surface area contributed by atoms with Crippen molar-refractivity contribution < 1.29 is 19.1 Å². The van der Waals surface area contributed by atoms with Gasteiger partial charge in [0.1, 0.15) is 5.75 Å². The third kappa shape index (κ3) is 3.30. The summed E-state index contributed by atoms with van der Waals surface area (Å²) in [5.74, 6) is 0.695. The number of esters is 1. The number of carbonyl (C=O) groups is 2. The number of ether oxygens (including phenoxy) is 2. The predicted molar refractivity (Wildman–Crippen MR) is 96.5 cm³/mol. The summed E-state index contributed by atoms with van der Waals surface area (Å²) in [6, 6.07) is 5.55. The summed E-state index contributed by atoms with van der Waals surface area (Å²) in [6.07, 6.45) is 5.70. The van der Waals surface area contributed by atoms with Crippen LogP contribution in [-0.2, 0) is 4.74 Å². The largest absolute Gasteiger partial charge is 0.493 e. The number of nitrogens with zero attached hydrogens (tertiary/aromatic N) is 1. The van der Waals surface area contributed by atoms with Gasteiger partial charge in [-0.15, -0.1) is 0 Å². The van der Waals surface area contributed by atoms with Crippen LogP contribution >= 0.6 is 0 Å². The first kappa shape index (κ1) is 17.3. The van der Waals surface area contributed by atoms with Gasteiger partial charge in [0, 0.05) is 30.7 Å². The number of methoxy groups -OCH3 is 1. The summed E-state index contributed by atoms with van der Waals surface area (Å²) < 4.78 is 10.8. The fourth-order valence-corrected chi connectivity index (χ4v) is 4.17. The van der Waals surface area contributed by atoms with Crippen LogP contribution in [0.15, 0.2) is 18.2 Å². The van der Waals surface area contributed by atoms with E-state index in [0.717, 1.165) is 25.9 Å². The van der Waals surface area contributed by atoms with Gasteiger partial charge in [-0.3, -0.25) is 4.79 Å². The maximum Gasteiger partial charge on any atom is 0.338 e. The quantitative estimate of drug-likeness (QED) is 0.818. The Morgan fingerprint density at radius 2 is 1.77 bits per heavy atom. The average molecular weight is 358 g/mol. The molecule has 3 fully saturated rings. The normalized spacial score (nSPS) is 24.9. The van der Waals surface area contributed by atoms with Crippen LogP contribution in [0.2, 0.25) is 0 Å². The molecule has 1 N–H and O–H groups in total. The van der Waals surface area contributed by atoms with Crippen molar-refractivity contribution >= 4 is 11.9 Å². The number of benzene rings is 1. The molecule has 0 spiro atoms. The lowest BCUT2D eigenvalue weighted by atomic mass is 9.86. The van der Waals surface area contributed by atoms with Crippen molar-refractivity contribution in [1.29, 1.82) is 0 Å². The smallest absolute Gasteiger partial charge is 0.338 e. The van der Waals surface area contributed by atoms with E-state index >= 15 is 0 Å². The predicted octanol–water partition coefficient (Wildman–Crippen LogP) is 2.23. The third-order valence-electron chi connectivity index (χ3n) is 5.90. The molecule has 1 aromatic carbocycles. The highest BCUT2D eigenvalue weighted by Crippen LogP contribution is 2.31. The first-order chi connectivity index (χ1) is 12.7. The molecule has 2 aliphatic heterocycles. The highest BCUT2D eigenvalue weighted by molar-refractivity contribution is 5.99. The maximum atomic E-state index is 13.2. The monoisotopic (exact) mass is 358 g/mol. The van der Waals surface area contributed by atoms with E-state index in [4.69, 9.17) is 9.47 Å². The van der Waals surface area contributed by atoms with Gasteiger partial charge in [-0.25, -0.2) is 4.79 Å². The Morgan fingerprint density at radius 3 is 2.38 bits per heavy atom. The molecule has 2 heterocycles. The summed E-state index contributed by atoms with van der Waals surface area (Å²) >= 11 is 0. The van der Waals surface area contributed by atoms with Gasteiger partial charge in [-0.05, 0) is 49.8 Å². The van der Waals surface area contributed by atoms with Gasteiger partial charge in [0.25, 0.3) is 5.91 Å².